The van der Waals surface area contributed by atoms with Crippen LogP contribution >= 0.6 is 11.6 Å². The van der Waals surface area contributed by atoms with Crippen molar-refractivity contribution in [2.75, 3.05) is 44.9 Å². The molecule has 2 aromatic heterocycles. The molecule has 5 rings (SSSR count). The van der Waals surface area contributed by atoms with Crippen LogP contribution in [0.3, 0.4) is 0 Å². The number of rotatable bonds is 9. The van der Waals surface area contributed by atoms with E-state index in [2.05, 4.69) is 10.3 Å². The lowest BCUT2D eigenvalue weighted by atomic mass is 9.75. The second kappa shape index (κ2) is 10.0. The van der Waals surface area contributed by atoms with E-state index >= 15 is 0 Å². The van der Waals surface area contributed by atoms with Gasteiger partial charge >= 0.3 is 6.03 Å². The number of fused-ring (bicyclic) bond motifs is 3. The number of aryl methyl sites for hydroxylation is 1. The minimum atomic E-state index is -0.800. The first-order valence-electron chi connectivity index (χ1n) is 12.0. The number of alkyl halides is 1. The van der Waals surface area contributed by atoms with Gasteiger partial charge < -0.3 is 24.4 Å². The van der Waals surface area contributed by atoms with Gasteiger partial charge in [0.05, 0.1) is 42.7 Å². The van der Waals surface area contributed by atoms with E-state index < -0.39 is 5.41 Å². The third-order valence-corrected chi connectivity index (χ3v) is 7.14. The summed E-state index contributed by atoms with van der Waals surface area (Å²) in [6.07, 6.45) is 4.45. The molecule has 11 heteroatoms. The van der Waals surface area contributed by atoms with Crippen LogP contribution in [0.15, 0.2) is 36.7 Å². The van der Waals surface area contributed by atoms with E-state index in [4.69, 9.17) is 21.3 Å². The Balaban J connectivity index is 1.42. The normalized spacial score (nSPS) is 16.0. The number of likely N-dealkylation sites (tertiary alicyclic amines) is 1. The van der Waals surface area contributed by atoms with Crippen LogP contribution in [0.2, 0.25) is 5.02 Å². The van der Waals surface area contributed by atoms with Crippen molar-refractivity contribution in [2.24, 2.45) is 0 Å². The third-order valence-electron chi connectivity index (χ3n) is 6.91. The van der Waals surface area contributed by atoms with E-state index in [1.807, 2.05) is 22.8 Å². The number of ether oxygens (including phenoxy) is 1. The predicted molar refractivity (Wildman–Crippen MR) is 134 cm³/mol. The zero-order valence-corrected chi connectivity index (χ0v) is 20.8. The molecule has 1 N–H and O–H groups in total. The Kier molecular flexibility index (Phi) is 6.81. The van der Waals surface area contributed by atoms with E-state index in [0.717, 1.165) is 22.3 Å². The van der Waals surface area contributed by atoms with Gasteiger partial charge in [0.1, 0.15) is 11.2 Å². The molecular weight excluding hydrogens is 487 g/mol. The predicted octanol–water partition coefficient (Wildman–Crippen LogP) is 3.29. The zero-order chi connectivity index (χ0) is 25.3. The summed E-state index contributed by atoms with van der Waals surface area (Å²) in [5, 5.41) is 3.39. The number of hydrogen-bond acceptors (Lipinski definition) is 5. The number of carbonyl (C=O) groups is 2. The molecule has 9 nitrogen and oxygen atoms in total. The molecule has 0 atom stereocenters. The molecule has 0 bridgehead atoms. The monoisotopic (exact) mass is 514 g/mol. The Morgan fingerprint density at radius 1 is 1.28 bits per heavy atom. The minimum Gasteiger partial charge on any atom is -0.383 e. The molecule has 1 aromatic carbocycles. The number of benzene rings is 1. The Hall–Kier alpha value is -3.24. The van der Waals surface area contributed by atoms with Gasteiger partial charge in [-0.3, -0.25) is 14.2 Å². The van der Waals surface area contributed by atoms with Gasteiger partial charge in [-0.05, 0) is 42.7 Å². The third kappa shape index (κ3) is 4.18. The molecular formula is C25H28ClFN6O3. The van der Waals surface area contributed by atoms with Gasteiger partial charge in [0.2, 0.25) is 5.91 Å². The smallest absolute Gasteiger partial charge is 0.317 e. The Labute approximate surface area is 213 Å². The number of urea groups is 1. The van der Waals surface area contributed by atoms with Crippen molar-refractivity contribution >= 4 is 40.3 Å². The standard InChI is InChI=1S/C25H28ClFN6O3/c1-36-11-9-29-24(35)31-15-25(16-31)18-6-8-28-13-21(18)33(23(25)34)14-22-30-19-5-4-17(26)12-20(19)32(22)10-3-2-7-27/h4-6,8,12-13H,2-3,7,9-11,14-16H2,1H3,(H,29,35). The number of nitrogens with zero attached hydrogens (tertiary/aromatic N) is 5. The summed E-state index contributed by atoms with van der Waals surface area (Å²) in [5.74, 6) is 0.617. The summed E-state index contributed by atoms with van der Waals surface area (Å²) >= 11 is 6.25. The van der Waals surface area contributed by atoms with Crippen LogP contribution < -0.4 is 10.2 Å². The van der Waals surface area contributed by atoms with Gasteiger partial charge in [-0.25, -0.2) is 9.78 Å². The van der Waals surface area contributed by atoms with Gasteiger partial charge in [0.25, 0.3) is 0 Å². The molecule has 0 radical (unpaired) electrons. The fourth-order valence-corrected chi connectivity index (χ4v) is 5.26. The number of nitrogens with one attached hydrogen (secondary N) is 1. The maximum absolute atomic E-state index is 13.9. The van der Waals surface area contributed by atoms with Crippen molar-refractivity contribution < 1.29 is 18.7 Å². The van der Waals surface area contributed by atoms with Gasteiger partial charge in [-0.2, -0.15) is 0 Å². The summed E-state index contributed by atoms with van der Waals surface area (Å²) < 4.78 is 19.8. The zero-order valence-electron chi connectivity index (χ0n) is 20.0. The van der Waals surface area contributed by atoms with Crippen molar-refractivity contribution in [1.82, 2.24) is 24.8 Å². The molecule has 0 aliphatic carbocycles. The fourth-order valence-electron chi connectivity index (χ4n) is 5.09. The van der Waals surface area contributed by atoms with Crippen LogP contribution in [0.1, 0.15) is 24.2 Å². The van der Waals surface area contributed by atoms with Crippen molar-refractivity contribution in [3.8, 4) is 0 Å². The van der Waals surface area contributed by atoms with E-state index in [9.17, 15) is 14.0 Å². The Morgan fingerprint density at radius 2 is 2.11 bits per heavy atom. The number of anilines is 1. The van der Waals surface area contributed by atoms with Crippen molar-refractivity contribution in [3.05, 3.63) is 53.1 Å². The number of methoxy groups -OCH3 is 1. The molecule has 3 aromatic rings. The molecule has 1 spiro atoms. The Morgan fingerprint density at radius 3 is 2.89 bits per heavy atom. The number of halogens is 2. The molecule has 2 aliphatic rings. The molecule has 0 saturated carbocycles. The van der Waals surface area contributed by atoms with Gasteiger partial charge in [-0.1, -0.05) is 11.6 Å². The lowest BCUT2D eigenvalue weighted by Gasteiger charge is -2.46. The van der Waals surface area contributed by atoms with Crippen LogP contribution in [0.5, 0.6) is 0 Å². The molecule has 4 heterocycles. The van der Waals surface area contributed by atoms with Gasteiger partial charge in [0, 0.05) is 44.5 Å². The Bertz CT molecular complexity index is 1290. The number of hydrogen-bond donors (Lipinski definition) is 1. The highest BCUT2D eigenvalue weighted by molar-refractivity contribution is 6.31. The lowest BCUT2D eigenvalue weighted by Crippen LogP contribution is -2.66. The molecule has 0 unspecified atom stereocenters. The van der Waals surface area contributed by atoms with Crippen molar-refractivity contribution in [2.45, 2.75) is 31.3 Å². The van der Waals surface area contributed by atoms with Crippen LogP contribution in [0, 0.1) is 0 Å². The average Bonchev–Trinajstić information content (AvgIpc) is 3.31. The number of imidazole rings is 1. The second-order valence-electron chi connectivity index (χ2n) is 9.16. The molecule has 1 fully saturated rings. The maximum atomic E-state index is 13.9. The summed E-state index contributed by atoms with van der Waals surface area (Å²) in [6.45, 7) is 1.83. The first-order chi connectivity index (χ1) is 17.5. The van der Waals surface area contributed by atoms with Crippen LogP contribution in [0.4, 0.5) is 14.9 Å². The first kappa shape index (κ1) is 24.5. The molecule has 190 valence electrons. The number of pyridine rings is 1. The van der Waals surface area contributed by atoms with E-state index in [0.29, 0.717) is 56.5 Å². The highest BCUT2D eigenvalue weighted by Gasteiger charge is 2.59. The van der Waals surface area contributed by atoms with Gasteiger partial charge in [0.15, 0.2) is 0 Å². The van der Waals surface area contributed by atoms with Crippen LogP contribution in [0.25, 0.3) is 11.0 Å². The number of aromatic nitrogens is 3. The second-order valence-corrected chi connectivity index (χ2v) is 9.59. The number of amides is 3. The van der Waals surface area contributed by atoms with E-state index in [1.165, 1.54) is 0 Å². The summed E-state index contributed by atoms with van der Waals surface area (Å²) in [5.41, 5.74) is 2.41. The van der Waals surface area contributed by atoms with Crippen molar-refractivity contribution in [3.63, 3.8) is 0 Å². The van der Waals surface area contributed by atoms with Crippen LogP contribution in [-0.2, 0) is 28.0 Å². The summed E-state index contributed by atoms with van der Waals surface area (Å²) in [7, 11) is 1.57. The van der Waals surface area contributed by atoms with Gasteiger partial charge in [-0.15, -0.1) is 0 Å². The fraction of sp³-hybridized carbons (Fsp3) is 0.440. The first-order valence-corrected chi connectivity index (χ1v) is 12.3. The van der Waals surface area contributed by atoms with E-state index in [-0.39, 0.29) is 25.2 Å². The molecule has 2 aliphatic heterocycles. The highest BCUT2D eigenvalue weighted by Crippen LogP contribution is 2.47. The lowest BCUT2D eigenvalue weighted by molar-refractivity contribution is -0.127. The number of unbranched alkanes of at least 4 members (excludes halogenated alkanes) is 1. The molecule has 1 saturated heterocycles. The average molecular weight is 515 g/mol. The SMILES string of the molecule is COCCNC(=O)N1CC2(C1)C(=O)N(Cc1nc3ccc(Cl)cc3n1CCCCF)c1cnccc12. The van der Waals surface area contributed by atoms with E-state index in [1.54, 1.807) is 35.4 Å². The highest BCUT2D eigenvalue weighted by atomic mass is 35.5. The largest absolute Gasteiger partial charge is 0.383 e. The topological polar surface area (TPSA) is 92.6 Å². The maximum Gasteiger partial charge on any atom is 0.317 e. The minimum absolute atomic E-state index is 0.0770. The summed E-state index contributed by atoms with van der Waals surface area (Å²) in [6, 6.07) is 7.12. The molecule has 3 amide bonds. The number of carbonyl (C=O) groups excluding carboxylic acids is 2. The quantitative estimate of drug-likeness (QED) is 0.442. The molecule has 36 heavy (non-hydrogen) atoms. The summed E-state index contributed by atoms with van der Waals surface area (Å²) in [4.78, 5) is 38.7. The van der Waals surface area contributed by atoms with Crippen molar-refractivity contribution in [1.29, 1.82) is 0 Å². The van der Waals surface area contributed by atoms with Crippen LogP contribution in [-0.4, -0.2) is 71.4 Å².